The fraction of sp³-hybridized carbons (Fsp3) is 1.00. The quantitative estimate of drug-likeness (QED) is 0.694. The zero-order valence-electron chi connectivity index (χ0n) is 11.0. The monoisotopic (exact) mass is 229 g/mol. The maximum absolute atomic E-state index is 5.52. The van der Waals surface area contributed by atoms with Crippen molar-refractivity contribution in [3.63, 3.8) is 0 Å². The smallest absolute Gasteiger partial charge is 0.159 e. The van der Waals surface area contributed by atoms with Gasteiger partial charge in [-0.25, -0.2) is 0 Å². The van der Waals surface area contributed by atoms with Gasteiger partial charge in [-0.2, -0.15) is 0 Å². The van der Waals surface area contributed by atoms with E-state index in [1.165, 1.54) is 19.3 Å². The Bertz CT molecular complexity index is 169. The Balaban J connectivity index is 2.29. The van der Waals surface area contributed by atoms with Gasteiger partial charge >= 0.3 is 0 Å². The van der Waals surface area contributed by atoms with Crippen molar-refractivity contribution in [1.29, 1.82) is 0 Å². The van der Waals surface area contributed by atoms with E-state index in [0.717, 1.165) is 32.1 Å². The molecule has 0 aromatic carbocycles. The van der Waals surface area contributed by atoms with Crippen LogP contribution in [0, 0.1) is 5.92 Å². The molecule has 0 bridgehead atoms. The summed E-state index contributed by atoms with van der Waals surface area (Å²) in [5.41, 5.74) is 0. The second kappa shape index (κ2) is 8.04. The highest BCUT2D eigenvalue weighted by Gasteiger charge is 2.21. The van der Waals surface area contributed by atoms with Crippen molar-refractivity contribution in [3.05, 3.63) is 0 Å². The first-order chi connectivity index (χ1) is 7.76. The molecule has 0 radical (unpaired) electrons. The Morgan fingerprint density at radius 1 is 1.25 bits per heavy atom. The number of hydrogen-bond acceptors (Lipinski definition) is 3. The third kappa shape index (κ3) is 5.28. The SMILES string of the molecule is CCCNC(CC(C)CC)CC1OCCO1. The van der Waals surface area contributed by atoms with Gasteiger partial charge in [0.2, 0.25) is 0 Å². The largest absolute Gasteiger partial charge is 0.350 e. The molecule has 2 unspecified atom stereocenters. The minimum absolute atomic E-state index is 0.0263. The van der Waals surface area contributed by atoms with Crippen molar-refractivity contribution in [2.75, 3.05) is 19.8 Å². The lowest BCUT2D eigenvalue weighted by atomic mass is 9.97. The average molecular weight is 229 g/mol. The van der Waals surface area contributed by atoms with E-state index in [9.17, 15) is 0 Å². The molecule has 16 heavy (non-hydrogen) atoms. The molecule has 1 heterocycles. The molecule has 1 rings (SSSR count). The van der Waals surface area contributed by atoms with Crippen LogP contribution in [0.15, 0.2) is 0 Å². The van der Waals surface area contributed by atoms with Crippen LogP contribution in [-0.4, -0.2) is 32.1 Å². The molecule has 0 aliphatic carbocycles. The first-order valence-electron chi connectivity index (χ1n) is 6.72. The van der Waals surface area contributed by atoms with Crippen LogP contribution in [0.1, 0.15) is 46.5 Å². The van der Waals surface area contributed by atoms with Crippen LogP contribution in [0.2, 0.25) is 0 Å². The number of ether oxygens (including phenoxy) is 2. The van der Waals surface area contributed by atoms with Gasteiger partial charge in [-0.15, -0.1) is 0 Å². The van der Waals surface area contributed by atoms with Gasteiger partial charge < -0.3 is 14.8 Å². The average Bonchev–Trinajstić information content (AvgIpc) is 2.78. The van der Waals surface area contributed by atoms with Gasteiger partial charge in [0.05, 0.1) is 13.2 Å². The summed E-state index contributed by atoms with van der Waals surface area (Å²) < 4.78 is 11.0. The molecular formula is C13H27NO2. The summed E-state index contributed by atoms with van der Waals surface area (Å²) in [4.78, 5) is 0. The predicted octanol–water partition coefficient (Wildman–Crippen LogP) is 2.55. The topological polar surface area (TPSA) is 30.5 Å². The molecule has 3 heteroatoms. The fourth-order valence-corrected chi connectivity index (χ4v) is 2.04. The minimum atomic E-state index is 0.0263. The highest BCUT2D eigenvalue weighted by molar-refractivity contribution is 4.72. The Labute approximate surface area is 99.9 Å². The molecule has 1 saturated heterocycles. The summed E-state index contributed by atoms with van der Waals surface area (Å²) in [7, 11) is 0. The molecule has 96 valence electrons. The lowest BCUT2D eigenvalue weighted by molar-refractivity contribution is -0.0539. The van der Waals surface area contributed by atoms with Crippen molar-refractivity contribution in [3.8, 4) is 0 Å². The Hall–Kier alpha value is -0.120. The van der Waals surface area contributed by atoms with E-state index in [2.05, 4.69) is 26.1 Å². The van der Waals surface area contributed by atoms with E-state index >= 15 is 0 Å². The molecule has 1 aliphatic rings. The van der Waals surface area contributed by atoms with Gasteiger partial charge in [-0.05, 0) is 25.3 Å². The van der Waals surface area contributed by atoms with E-state index in [1.807, 2.05) is 0 Å². The van der Waals surface area contributed by atoms with E-state index in [0.29, 0.717) is 6.04 Å². The lowest BCUT2D eigenvalue weighted by Crippen LogP contribution is -2.35. The Kier molecular flexibility index (Phi) is 7.01. The zero-order valence-corrected chi connectivity index (χ0v) is 11.0. The van der Waals surface area contributed by atoms with Crippen LogP contribution in [0.5, 0.6) is 0 Å². The van der Waals surface area contributed by atoms with Crippen LogP contribution in [0.25, 0.3) is 0 Å². The first-order valence-corrected chi connectivity index (χ1v) is 6.72. The molecule has 0 aromatic heterocycles. The van der Waals surface area contributed by atoms with E-state index < -0.39 is 0 Å². The summed E-state index contributed by atoms with van der Waals surface area (Å²) in [5, 5.41) is 3.60. The molecule has 0 aromatic rings. The summed E-state index contributed by atoms with van der Waals surface area (Å²) in [5.74, 6) is 0.774. The van der Waals surface area contributed by atoms with E-state index in [-0.39, 0.29) is 6.29 Å². The maximum Gasteiger partial charge on any atom is 0.159 e. The van der Waals surface area contributed by atoms with Crippen molar-refractivity contribution in [2.45, 2.75) is 58.8 Å². The predicted molar refractivity (Wildman–Crippen MR) is 66.5 cm³/mol. The summed E-state index contributed by atoms with van der Waals surface area (Å²) in [6, 6.07) is 0.540. The molecule has 1 N–H and O–H groups in total. The summed E-state index contributed by atoms with van der Waals surface area (Å²) >= 11 is 0. The molecule has 0 spiro atoms. The van der Waals surface area contributed by atoms with Crippen LogP contribution >= 0.6 is 0 Å². The summed E-state index contributed by atoms with van der Waals surface area (Å²) in [6.45, 7) is 9.38. The van der Waals surface area contributed by atoms with Gasteiger partial charge in [0.25, 0.3) is 0 Å². The number of hydrogen-bond donors (Lipinski definition) is 1. The highest BCUT2D eigenvalue weighted by atomic mass is 16.7. The van der Waals surface area contributed by atoms with Crippen molar-refractivity contribution >= 4 is 0 Å². The molecule has 0 amide bonds. The van der Waals surface area contributed by atoms with Crippen molar-refractivity contribution in [1.82, 2.24) is 5.32 Å². The number of nitrogens with one attached hydrogen (secondary N) is 1. The maximum atomic E-state index is 5.52. The third-order valence-electron chi connectivity index (χ3n) is 3.23. The van der Waals surface area contributed by atoms with Crippen LogP contribution in [-0.2, 0) is 9.47 Å². The van der Waals surface area contributed by atoms with Crippen molar-refractivity contribution in [2.24, 2.45) is 5.92 Å². The van der Waals surface area contributed by atoms with Gasteiger partial charge in [0, 0.05) is 12.5 Å². The van der Waals surface area contributed by atoms with E-state index in [1.54, 1.807) is 0 Å². The van der Waals surface area contributed by atoms with Crippen LogP contribution < -0.4 is 5.32 Å². The second-order valence-corrected chi connectivity index (χ2v) is 4.81. The minimum Gasteiger partial charge on any atom is -0.350 e. The fourth-order valence-electron chi connectivity index (χ4n) is 2.04. The molecule has 1 fully saturated rings. The molecule has 2 atom stereocenters. The van der Waals surface area contributed by atoms with Gasteiger partial charge in [0.1, 0.15) is 0 Å². The van der Waals surface area contributed by atoms with E-state index in [4.69, 9.17) is 9.47 Å². The second-order valence-electron chi connectivity index (χ2n) is 4.81. The number of rotatable bonds is 8. The highest BCUT2D eigenvalue weighted by Crippen LogP contribution is 2.17. The zero-order chi connectivity index (χ0) is 11.8. The summed E-state index contributed by atoms with van der Waals surface area (Å²) in [6.07, 6.45) is 4.67. The molecule has 0 saturated carbocycles. The first kappa shape index (κ1) is 13.9. The van der Waals surface area contributed by atoms with Gasteiger partial charge in [-0.3, -0.25) is 0 Å². The Morgan fingerprint density at radius 3 is 2.50 bits per heavy atom. The Morgan fingerprint density at radius 2 is 1.94 bits per heavy atom. The van der Waals surface area contributed by atoms with Gasteiger partial charge in [-0.1, -0.05) is 27.2 Å². The molecule has 1 aliphatic heterocycles. The van der Waals surface area contributed by atoms with Crippen LogP contribution in [0.4, 0.5) is 0 Å². The molecular weight excluding hydrogens is 202 g/mol. The third-order valence-corrected chi connectivity index (χ3v) is 3.23. The normalized spacial score (nSPS) is 21.2. The van der Waals surface area contributed by atoms with Crippen LogP contribution in [0.3, 0.4) is 0 Å². The van der Waals surface area contributed by atoms with Crippen molar-refractivity contribution < 1.29 is 9.47 Å². The standard InChI is InChI=1S/C13H27NO2/c1-4-6-14-12(9-11(3)5-2)10-13-15-7-8-16-13/h11-14H,4-10H2,1-3H3. The van der Waals surface area contributed by atoms with Gasteiger partial charge in [0.15, 0.2) is 6.29 Å². The lowest BCUT2D eigenvalue weighted by Gasteiger charge is -2.23. The molecule has 3 nitrogen and oxygen atoms in total.